The van der Waals surface area contributed by atoms with E-state index in [0.717, 1.165) is 12.8 Å². The minimum Gasteiger partial charge on any atom is -0.0726 e. The molecule has 4 atom stereocenters. The Morgan fingerprint density at radius 3 is 1.16 bits per heavy atom. The third kappa shape index (κ3) is 5.29. The molecule has 1 heteroatoms. The molecule has 0 spiro atoms. The second-order valence-corrected chi connectivity index (χ2v) is 17.7. The highest BCUT2D eigenvalue weighted by atomic mass is 28.3. The summed E-state index contributed by atoms with van der Waals surface area (Å²) < 4.78 is 0. The molecular formula is C48H44Si. The molecule has 0 heterocycles. The number of allylic oxidation sites excluding steroid dienone is 16. The normalized spacial score (nSPS) is 22.8. The largest absolute Gasteiger partial charge is 0.140 e. The van der Waals surface area contributed by atoms with Crippen LogP contribution in [0.4, 0.5) is 0 Å². The number of hydrogen-bond donors (Lipinski definition) is 0. The van der Waals surface area contributed by atoms with E-state index in [1.54, 1.807) is 11.1 Å². The van der Waals surface area contributed by atoms with Crippen molar-refractivity contribution < 1.29 is 0 Å². The van der Waals surface area contributed by atoms with Crippen LogP contribution in [-0.2, 0) is 0 Å². The molecule has 240 valence electrons. The van der Waals surface area contributed by atoms with Gasteiger partial charge < -0.3 is 0 Å². The zero-order valence-electron chi connectivity index (χ0n) is 28.5. The first-order valence-corrected chi connectivity index (χ1v) is 20.2. The quantitative estimate of drug-likeness (QED) is 0.167. The van der Waals surface area contributed by atoms with E-state index in [9.17, 15) is 0 Å². The van der Waals surface area contributed by atoms with Crippen LogP contribution >= 0.6 is 0 Å². The SMILES string of the molecule is CCC1=CC2=C(C=CC=CC2c2ccccc2)C1[Si](c1ccccc1)(c1ccccc1)C1C(CC)=CC2=C1C=CC=CC2c1ccccc1. The lowest BCUT2D eigenvalue weighted by Crippen LogP contribution is -2.65. The molecule has 4 aromatic carbocycles. The Labute approximate surface area is 293 Å². The second-order valence-electron chi connectivity index (χ2n) is 13.7. The molecule has 49 heavy (non-hydrogen) atoms. The summed E-state index contributed by atoms with van der Waals surface area (Å²) in [6.45, 7) is 4.77. The molecule has 0 saturated carbocycles. The number of rotatable bonds is 8. The van der Waals surface area contributed by atoms with Gasteiger partial charge in [-0.2, -0.15) is 0 Å². The Hall–Kier alpha value is -4.98. The van der Waals surface area contributed by atoms with Crippen LogP contribution in [-0.4, -0.2) is 8.07 Å². The summed E-state index contributed by atoms with van der Waals surface area (Å²) in [5.41, 5.74) is 12.4. The van der Waals surface area contributed by atoms with Gasteiger partial charge in [0, 0.05) is 22.9 Å². The standard InChI is InChI=1S/C48H44Si/c1-3-35-33-45-41(37-21-9-5-10-22-37)29-17-19-31-43(45)47(35)49(39-25-13-7-14-26-39,40-27-15-8-16-28-40)48-36(4-2)34-46-42(30-18-20-32-44(46)48)38-23-11-6-12-24-38/h5-34,41-42,47-48H,3-4H2,1-2H3. The predicted octanol–water partition coefficient (Wildman–Crippen LogP) is 11.1. The summed E-state index contributed by atoms with van der Waals surface area (Å²) >= 11 is 0. The van der Waals surface area contributed by atoms with Crippen molar-refractivity contribution >= 4 is 18.4 Å². The van der Waals surface area contributed by atoms with Gasteiger partial charge >= 0.3 is 0 Å². The molecule has 0 radical (unpaired) electrons. The Kier molecular flexibility index (Phi) is 8.62. The van der Waals surface area contributed by atoms with Crippen molar-refractivity contribution in [1.82, 2.24) is 0 Å². The zero-order valence-corrected chi connectivity index (χ0v) is 29.5. The molecule has 4 aliphatic carbocycles. The van der Waals surface area contributed by atoms with E-state index < -0.39 is 8.07 Å². The maximum absolute atomic E-state index is 2.78. The van der Waals surface area contributed by atoms with E-state index >= 15 is 0 Å². The Morgan fingerprint density at radius 1 is 0.429 bits per heavy atom. The average molecular weight is 649 g/mol. The zero-order chi connectivity index (χ0) is 33.2. The van der Waals surface area contributed by atoms with Gasteiger partial charge in [-0.1, -0.05) is 217 Å². The Balaban J connectivity index is 1.45. The van der Waals surface area contributed by atoms with E-state index in [4.69, 9.17) is 0 Å². The maximum Gasteiger partial charge on any atom is 0.140 e. The minimum atomic E-state index is -2.78. The fourth-order valence-electron chi connectivity index (χ4n) is 9.28. The van der Waals surface area contributed by atoms with Crippen molar-refractivity contribution in [2.24, 2.45) is 0 Å². The third-order valence-electron chi connectivity index (χ3n) is 11.3. The maximum atomic E-state index is 2.61. The van der Waals surface area contributed by atoms with E-state index in [2.05, 4.69) is 196 Å². The summed E-state index contributed by atoms with van der Waals surface area (Å²) in [5, 5.41) is 3.03. The summed E-state index contributed by atoms with van der Waals surface area (Å²) in [6, 6.07) is 45.6. The van der Waals surface area contributed by atoms with Crippen molar-refractivity contribution in [3.8, 4) is 0 Å². The second kappa shape index (κ2) is 13.5. The van der Waals surface area contributed by atoms with E-state index in [1.807, 2.05) is 0 Å². The van der Waals surface area contributed by atoms with Crippen molar-refractivity contribution in [3.05, 3.63) is 227 Å². The van der Waals surface area contributed by atoms with Crippen LogP contribution in [0.2, 0.25) is 11.1 Å². The van der Waals surface area contributed by atoms with Crippen molar-refractivity contribution in [3.63, 3.8) is 0 Å². The number of benzene rings is 4. The average Bonchev–Trinajstić information content (AvgIpc) is 3.55. The molecule has 0 aromatic heterocycles. The van der Waals surface area contributed by atoms with E-state index in [0.29, 0.717) is 0 Å². The highest BCUT2D eigenvalue weighted by Gasteiger charge is 2.57. The predicted molar refractivity (Wildman–Crippen MR) is 211 cm³/mol. The topological polar surface area (TPSA) is 0 Å². The summed E-state index contributed by atoms with van der Waals surface area (Å²) in [5.74, 6) is 0.444. The molecule has 0 nitrogen and oxygen atoms in total. The van der Waals surface area contributed by atoms with Gasteiger partial charge in [-0.05, 0) is 46.3 Å². The summed E-state index contributed by atoms with van der Waals surface area (Å²) in [4.78, 5) is 0. The molecular weight excluding hydrogens is 605 g/mol. The summed E-state index contributed by atoms with van der Waals surface area (Å²) in [6.07, 6.45) is 26.2. The highest BCUT2D eigenvalue weighted by molar-refractivity contribution is 7.06. The molecule has 0 saturated heterocycles. The summed E-state index contributed by atoms with van der Waals surface area (Å²) in [7, 11) is -2.78. The number of hydrogen-bond acceptors (Lipinski definition) is 0. The molecule has 4 aromatic rings. The molecule has 0 bridgehead atoms. The lowest BCUT2D eigenvalue weighted by molar-refractivity contribution is 0.938. The Morgan fingerprint density at radius 2 is 0.796 bits per heavy atom. The van der Waals surface area contributed by atoms with Crippen LogP contribution in [0.1, 0.15) is 49.7 Å². The van der Waals surface area contributed by atoms with Gasteiger partial charge in [0.15, 0.2) is 0 Å². The lowest BCUT2D eigenvalue weighted by Gasteiger charge is -2.47. The molecule has 0 amide bonds. The van der Waals surface area contributed by atoms with Gasteiger partial charge in [-0.3, -0.25) is 0 Å². The van der Waals surface area contributed by atoms with Crippen molar-refractivity contribution in [2.75, 3.05) is 0 Å². The van der Waals surface area contributed by atoms with Gasteiger partial charge in [0.25, 0.3) is 0 Å². The van der Waals surface area contributed by atoms with Gasteiger partial charge in [-0.15, -0.1) is 0 Å². The van der Waals surface area contributed by atoms with Gasteiger partial charge in [-0.25, -0.2) is 0 Å². The fraction of sp³-hybridized carbons (Fsp3) is 0.167. The van der Waals surface area contributed by atoms with Gasteiger partial charge in [0.1, 0.15) is 8.07 Å². The molecule has 0 N–H and O–H groups in total. The van der Waals surface area contributed by atoms with Crippen molar-refractivity contribution in [1.29, 1.82) is 0 Å². The molecule has 4 unspecified atom stereocenters. The van der Waals surface area contributed by atoms with Crippen LogP contribution in [0.25, 0.3) is 0 Å². The smallest absolute Gasteiger partial charge is 0.0726 e. The molecule has 8 rings (SSSR count). The minimum absolute atomic E-state index is 0.222. The van der Waals surface area contributed by atoms with Gasteiger partial charge in [0.2, 0.25) is 0 Å². The first-order chi connectivity index (χ1) is 24.3. The van der Waals surface area contributed by atoms with E-state index in [1.165, 1.54) is 43.8 Å². The van der Waals surface area contributed by atoms with Crippen LogP contribution in [0, 0.1) is 0 Å². The van der Waals surface area contributed by atoms with Crippen molar-refractivity contribution in [2.45, 2.75) is 49.6 Å². The first kappa shape index (κ1) is 31.3. The molecule has 4 aliphatic rings. The Bertz CT molecular complexity index is 1910. The van der Waals surface area contributed by atoms with Crippen LogP contribution in [0.15, 0.2) is 216 Å². The lowest BCUT2D eigenvalue weighted by atomic mass is 9.89. The van der Waals surface area contributed by atoms with Crippen LogP contribution in [0.5, 0.6) is 0 Å². The monoisotopic (exact) mass is 648 g/mol. The first-order valence-electron chi connectivity index (χ1n) is 18.0. The molecule has 0 fully saturated rings. The van der Waals surface area contributed by atoms with Crippen LogP contribution < -0.4 is 10.4 Å². The van der Waals surface area contributed by atoms with Gasteiger partial charge in [0.05, 0.1) is 0 Å². The third-order valence-corrected chi connectivity index (χ3v) is 17.1. The van der Waals surface area contributed by atoms with Crippen LogP contribution in [0.3, 0.4) is 0 Å². The van der Waals surface area contributed by atoms with E-state index in [-0.39, 0.29) is 22.9 Å². The molecule has 0 aliphatic heterocycles. The fourth-order valence-corrected chi connectivity index (χ4v) is 16.0. The highest BCUT2D eigenvalue weighted by Crippen LogP contribution is 2.59.